The summed E-state index contributed by atoms with van der Waals surface area (Å²) in [7, 11) is -4.50. The summed E-state index contributed by atoms with van der Waals surface area (Å²) < 4.78 is 69.8. The third-order valence-corrected chi connectivity index (χ3v) is 9.91. The first-order valence-electron chi connectivity index (χ1n) is 15.2. The van der Waals surface area contributed by atoms with Crippen LogP contribution in [0.4, 0.5) is 18.9 Å². The second kappa shape index (κ2) is 14.5. The second-order valence-corrected chi connectivity index (χ2v) is 13.5. The highest BCUT2D eigenvalue weighted by atomic mass is 32.2. The zero-order chi connectivity index (χ0) is 32.8. The van der Waals surface area contributed by atoms with Gasteiger partial charge in [-0.2, -0.15) is 13.2 Å². The summed E-state index contributed by atoms with van der Waals surface area (Å²) in [5.74, 6) is -1.05. The van der Waals surface area contributed by atoms with Gasteiger partial charge in [0.1, 0.15) is 12.6 Å². The van der Waals surface area contributed by atoms with E-state index in [4.69, 9.17) is 0 Å². The van der Waals surface area contributed by atoms with Crippen molar-refractivity contribution in [3.8, 4) is 0 Å². The number of hydrogen-bond acceptors (Lipinski definition) is 4. The molecule has 242 valence electrons. The number of nitrogens with zero attached hydrogens (tertiary/aromatic N) is 2. The molecule has 3 aromatic carbocycles. The number of halogens is 3. The van der Waals surface area contributed by atoms with Crippen molar-refractivity contribution in [1.82, 2.24) is 10.2 Å². The fraction of sp³-hybridized carbons (Fsp3) is 0.412. The number of carbonyl (C=O) groups is 2. The van der Waals surface area contributed by atoms with Crippen LogP contribution in [0.25, 0.3) is 0 Å². The van der Waals surface area contributed by atoms with Crippen LogP contribution in [0.5, 0.6) is 0 Å². The quantitative estimate of drug-likeness (QED) is 0.250. The minimum atomic E-state index is -4.74. The van der Waals surface area contributed by atoms with Crippen molar-refractivity contribution in [3.05, 3.63) is 95.1 Å². The van der Waals surface area contributed by atoms with E-state index in [1.54, 1.807) is 26.0 Å². The van der Waals surface area contributed by atoms with E-state index >= 15 is 0 Å². The summed E-state index contributed by atoms with van der Waals surface area (Å²) >= 11 is 0. The van der Waals surface area contributed by atoms with Crippen molar-refractivity contribution in [3.63, 3.8) is 0 Å². The highest BCUT2D eigenvalue weighted by molar-refractivity contribution is 7.92. The molecule has 1 N–H and O–H groups in total. The van der Waals surface area contributed by atoms with Gasteiger partial charge in [-0.05, 0) is 69.0 Å². The molecule has 4 rings (SSSR count). The van der Waals surface area contributed by atoms with Crippen LogP contribution >= 0.6 is 0 Å². The molecule has 1 aliphatic carbocycles. The van der Waals surface area contributed by atoms with Crippen LogP contribution in [0.15, 0.2) is 77.7 Å². The predicted molar refractivity (Wildman–Crippen MR) is 168 cm³/mol. The Morgan fingerprint density at radius 2 is 1.58 bits per heavy atom. The molecule has 0 unspecified atom stereocenters. The van der Waals surface area contributed by atoms with Gasteiger partial charge in [-0.25, -0.2) is 8.42 Å². The molecule has 0 aliphatic heterocycles. The van der Waals surface area contributed by atoms with Gasteiger partial charge in [0.15, 0.2) is 0 Å². The fourth-order valence-electron chi connectivity index (χ4n) is 5.67. The lowest BCUT2D eigenvalue weighted by Gasteiger charge is -2.34. The first kappa shape index (κ1) is 34.0. The van der Waals surface area contributed by atoms with Gasteiger partial charge in [-0.1, -0.05) is 79.8 Å². The lowest BCUT2D eigenvalue weighted by Crippen LogP contribution is -2.54. The molecule has 1 saturated carbocycles. The molecule has 0 heterocycles. The maximum atomic E-state index is 14.2. The summed E-state index contributed by atoms with van der Waals surface area (Å²) in [6.07, 6.45) is 0.291. The van der Waals surface area contributed by atoms with E-state index in [9.17, 15) is 31.2 Å². The normalized spacial score (nSPS) is 14.9. The summed E-state index contributed by atoms with van der Waals surface area (Å²) in [5.41, 5.74) is 1.10. The molecule has 1 aliphatic rings. The molecule has 0 bridgehead atoms. The van der Waals surface area contributed by atoms with Crippen molar-refractivity contribution >= 4 is 27.5 Å². The number of anilines is 1. The summed E-state index contributed by atoms with van der Waals surface area (Å²) in [5, 5.41) is 3.08. The topological polar surface area (TPSA) is 86.8 Å². The average molecular weight is 644 g/mol. The van der Waals surface area contributed by atoms with Gasteiger partial charge in [-0.15, -0.1) is 0 Å². The summed E-state index contributed by atoms with van der Waals surface area (Å²) in [6, 6.07) is 16.2. The monoisotopic (exact) mass is 643 g/mol. The second-order valence-electron chi connectivity index (χ2n) is 11.7. The molecule has 3 aromatic rings. The molecular weight excluding hydrogens is 603 g/mol. The van der Waals surface area contributed by atoms with Crippen molar-refractivity contribution in [2.24, 2.45) is 0 Å². The smallest absolute Gasteiger partial charge is 0.352 e. The lowest BCUT2D eigenvalue weighted by atomic mass is 9.95. The van der Waals surface area contributed by atoms with Gasteiger partial charge in [-0.3, -0.25) is 13.9 Å². The minimum absolute atomic E-state index is 0.0120. The Morgan fingerprint density at radius 1 is 0.911 bits per heavy atom. The van der Waals surface area contributed by atoms with Gasteiger partial charge < -0.3 is 10.2 Å². The Kier molecular flexibility index (Phi) is 11.0. The van der Waals surface area contributed by atoms with Gasteiger partial charge >= 0.3 is 6.18 Å². The summed E-state index contributed by atoms with van der Waals surface area (Å²) in [4.78, 5) is 29.1. The van der Waals surface area contributed by atoms with E-state index < -0.39 is 40.3 Å². The number of alkyl halides is 3. The number of hydrogen-bond donors (Lipinski definition) is 1. The van der Waals surface area contributed by atoms with Crippen molar-refractivity contribution in [1.29, 1.82) is 0 Å². The maximum Gasteiger partial charge on any atom is 0.416 e. The largest absolute Gasteiger partial charge is 0.416 e. The lowest BCUT2D eigenvalue weighted by molar-refractivity contribution is -0.140. The van der Waals surface area contributed by atoms with Crippen LogP contribution in [0.3, 0.4) is 0 Å². The number of rotatable bonds is 11. The number of benzene rings is 3. The Labute approximate surface area is 263 Å². The molecule has 1 fully saturated rings. The van der Waals surface area contributed by atoms with Crippen LogP contribution in [0, 0.1) is 13.8 Å². The van der Waals surface area contributed by atoms with Gasteiger partial charge in [0.2, 0.25) is 11.8 Å². The van der Waals surface area contributed by atoms with Gasteiger partial charge in [0.25, 0.3) is 10.0 Å². The predicted octanol–water partition coefficient (Wildman–Crippen LogP) is 6.77. The third-order valence-electron chi connectivity index (χ3n) is 8.12. The van der Waals surface area contributed by atoms with E-state index in [0.717, 1.165) is 67.0 Å². The van der Waals surface area contributed by atoms with Crippen molar-refractivity contribution < 1.29 is 31.2 Å². The number of amides is 2. The molecule has 7 nitrogen and oxygen atoms in total. The fourth-order valence-corrected chi connectivity index (χ4v) is 7.08. The van der Waals surface area contributed by atoms with Crippen LogP contribution in [-0.4, -0.2) is 43.8 Å². The van der Waals surface area contributed by atoms with E-state index in [1.807, 2.05) is 31.2 Å². The summed E-state index contributed by atoms with van der Waals surface area (Å²) in [6.45, 7) is 4.65. The number of nitrogens with one attached hydrogen (secondary N) is 1. The molecule has 0 saturated heterocycles. The van der Waals surface area contributed by atoms with Gasteiger partial charge in [0, 0.05) is 12.6 Å². The first-order valence-corrected chi connectivity index (χ1v) is 16.7. The SMILES string of the molecule is CC[C@H](C(=O)NC1CCCCC1)N(Cc1cccc(C)c1)C(=O)CN(c1cccc(C(F)(F)F)c1)S(=O)(=O)c1ccc(C)cc1. The van der Waals surface area contributed by atoms with Crippen LogP contribution in [-0.2, 0) is 32.3 Å². The number of aryl methyl sites for hydroxylation is 2. The van der Waals surface area contributed by atoms with E-state index in [2.05, 4.69) is 5.32 Å². The molecule has 0 radical (unpaired) electrons. The highest BCUT2D eigenvalue weighted by Crippen LogP contribution is 2.33. The van der Waals surface area contributed by atoms with E-state index in [0.29, 0.717) is 4.31 Å². The Hall–Kier alpha value is -3.86. The molecule has 0 spiro atoms. The number of sulfonamides is 1. The van der Waals surface area contributed by atoms with E-state index in [1.165, 1.54) is 23.1 Å². The zero-order valence-electron chi connectivity index (χ0n) is 25.8. The first-order chi connectivity index (χ1) is 21.3. The van der Waals surface area contributed by atoms with Crippen molar-refractivity contribution in [2.45, 2.75) is 89.0 Å². The molecule has 45 heavy (non-hydrogen) atoms. The third kappa shape index (κ3) is 8.65. The molecular formula is C34H40F3N3O4S. The standard InChI is InChI=1S/C34H40F3N3O4S/c1-4-31(33(42)38-28-13-6-5-7-14-28)39(22-26-11-8-10-25(3)20-26)32(41)23-40(29-15-9-12-27(21-29)34(35,36)37)45(43,44)30-18-16-24(2)17-19-30/h8-12,15-21,28,31H,4-7,13-14,22-23H2,1-3H3,(H,38,42)/t31-/m1/s1. The molecule has 11 heteroatoms. The Morgan fingerprint density at radius 3 is 2.20 bits per heavy atom. The van der Waals surface area contributed by atoms with Gasteiger partial charge in [0.05, 0.1) is 16.1 Å². The number of carbonyl (C=O) groups excluding carboxylic acids is 2. The maximum absolute atomic E-state index is 14.2. The Bertz CT molecular complexity index is 1590. The van der Waals surface area contributed by atoms with Crippen LogP contribution in [0.1, 0.15) is 67.7 Å². The van der Waals surface area contributed by atoms with Crippen LogP contribution < -0.4 is 9.62 Å². The Balaban J connectivity index is 1.75. The van der Waals surface area contributed by atoms with E-state index in [-0.39, 0.29) is 35.5 Å². The highest BCUT2D eigenvalue weighted by Gasteiger charge is 2.36. The molecule has 2 amide bonds. The molecule has 0 aromatic heterocycles. The van der Waals surface area contributed by atoms with Crippen molar-refractivity contribution in [2.75, 3.05) is 10.8 Å². The molecule has 1 atom stereocenters. The average Bonchev–Trinajstić information content (AvgIpc) is 3.00. The zero-order valence-corrected chi connectivity index (χ0v) is 26.6. The minimum Gasteiger partial charge on any atom is -0.352 e. The van der Waals surface area contributed by atoms with Crippen LogP contribution in [0.2, 0.25) is 0 Å².